The summed E-state index contributed by atoms with van der Waals surface area (Å²) >= 11 is 0. The van der Waals surface area contributed by atoms with Crippen LogP contribution in [0.1, 0.15) is 15.9 Å². The lowest BCUT2D eigenvalue weighted by Crippen LogP contribution is -2.48. The summed E-state index contributed by atoms with van der Waals surface area (Å²) in [6.45, 7) is 4.72. The molecule has 0 radical (unpaired) electrons. The molecule has 1 aliphatic heterocycles. The number of benzene rings is 2. The van der Waals surface area contributed by atoms with Crippen molar-refractivity contribution in [1.82, 2.24) is 9.47 Å². The zero-order chi connectivity index (χ0) is 22.5. The maximum absolute atomic E-state index is 12.9. The molecule has 0 spiro atoms. The number of anilines is 2. The van der Waals surface area contributed by atoms with Gasteiger partial charge in [0, 0.05) is 55.4 Å². The first kappa shape index (κ1) is 21.4. The van der Waals surface area contributed by atoms with E-state index < -0.39 is 0 Å². The lowest BCUT2D eigenvalue weighted by Gasteiger charge is -2.36. The van der Waals surface area contributed by atoms with Crippen molar-refractivity contribution in [3.8, 4) is 0 Å². The Hall–Kier alpha value is -3.87. The molecule has 4 rings (SSSR count). The van der Waals surface area contributed by atoms with Crippen LogP contribution in [0, 0.1) is 6.92 Å². The highest BCUT2D eigenvalue weighted by molar-refractivity contribution is 5.96. The van der Waals surface area contributed by atoms with Crippen LogP contribution in [0.4, 0.5) is 11.4 Å². The van der Waals surface area contributed by atoms with Gasteiger partial charge in [-0.2, -0.15) is 0 Å². The van der Waals surface area contributed by atoms with Crippen molar-refractivity contribution in [2.45, 2.75) is 13.5 Å². The molecule has 0 bridgehead atoms. The second-order valence-corrected chi connectivity index (χ2v) is 7.91. The van der Waals surface area contributed by atoms with Crippen molar-refractivity contribution in [1.29, 1.82) is 0 Å². The summed E-state index contributed by atoms with van der Waals surface area (Å²) in [5.41, 5.74) is 3.03. The van der Waals surface area contributed by atoms with E-state index >= 15 is 0 Å². The molecule has 7 nitrogen and oxygen atoms in total. The molecule has 164 valence electrons. The Bertz CT molecular complexity index is 1150. The van der Waals surface area contributed by atoms with Gasteiger partial charge in [0.05, 0.1) is 0 Å². The highest BCUT2D eigenvalue weighted by atomic mass is 16.2. The first-order valence-electron chi connectivity index (χ1n) is 10.7. The highest BCUT2D eigenvalue weighted by Gasteiger charge is 2.22. The Balaban J connectivity index is 1.32. The first-order chi connectivity index (χ1) is 15.5. The molecule has 0 aliphatic carbocycles. The third kappa shape index (κ3) is 5.06. The van der Waals surface area contributed by atoms with Crippen molar-refractivity contribution in [2.75, 3.05) is 36.4 Å². The number of hydrogen-bond donors (Lipinski definition) is 1. The Kier molecular flexibility index (Phi) is 6.35. The predicted molar refractivity (Wildman–Crippen MR) is 125 cm³/mol. The molecule has 1 fully saturated rings. The molecule has 3 aromatic rings. The number of carbonyl (C=O) groups excluding carboxylic acids is 2. The van der Waals surface area contributed by atoms with Gasteiger partial charge in [-0.25, -0.2) is 0 Å². The smallest absolute Gasteiger partial charge is 0.253 e. The van der Waals surface area contributed by atoms with Crippen LogP contribution in [0.25, 0.3) is 0 Å². The van der Waals surface area contributed by atoms with Gasteiger partial charge in [0.15, 0.2) is 0 Å². The van der Waals surface area contributed by atoms with Crippen LogP contribution in [-0.2, 0) is 11.3 Å². The molecule has 0 unspecified atom stereocenters. The van der Waals surface area contributed by atoms with Crippen LogP contribution in [0.5, 0.6) is 0 Å². The fraction of sp³-hybridized carbons (Fsp3) is 0.240. The Morgan fingerprint density at radius 2 is 1.56 bits per heavy atom. The molecule has 2 amide bonds. The number of rotatable bonds is 5. The molecular weight excluding hydrogens is 404 g/mol. The van der Waals surface area contributed by atoms with Crippen molar-refractivity contribution in [3.63, 3.8) is 0 Å². The number of nitrogens with zero attached hydrogens (tertiary/aromatic N) is 3. The van der Waals surface area contributed by atoms with E-state index in [-0.39, 0.29) is 23.9 Å². The van der Waals surface area contributed by atoms with E-state index in [2.05, 4.69) is 22.3 Å². The molecule has 1 aliphatic rings. The van der Waals surface area contributed by atoms with Crippen molar-refractivity contribution in [3.05, 3.63) is 94.4 Å². The number of piperazine rings is 1. The van der Waals surface area contributed by atoms with Crippen LogP contribution in [0.2, 0.25) is 0 Å². The van der Waals surface area contributed by atoms with Gasteiger partial charge in [-0.15, -0.1) is 0 Å². The van der Waals surface area contributed by atoms with Crippen molar-refractivity contribution in [2.24, 2.45) is 0 Å². The molecule has 2 aromatic carbocycles. The van der Waals surface area contributed by atoms with E-state index in [1.807, 2.05) is 30.0 Å². The average Bonchev–Trinajstić information content (AvgIpc) is 2.82. The number of pyridine rings is 1. The molecule has 0 atom stereocenters. The number of hydrogen-bond acceptors (Lipinski definition) is 4. The topological polar surface area (TPSA) is 74.6 Å². The minimum atomic E-state index is -0.297. The predicted octanol–water partition coefficient (Wildman–Crippen LogP) is 2.76. The molecule has 7 heteroatoms. The molecule has 32 heavy (non-hydrogen) atoms. The van der Waals surface area contributed by atoms with E-state index in [4.69, 9.17) is 0 Å². The molecule has 1 aromatic heterocycles. The Morgan fingerprint density at radius 3 is 2.25 bits per heavy atom. The van der Waals surface area contributed by atoms with Gasteiger partial charge in [-0.3, -0.25) is 14.4 Å². The summed E-state index contributed by atoms with van der Waals surface area (Å²) < 4.78 is 1.37. The number of nitrogens with one attached hydrogen (secondary N) is 1. The Morgan fingerprint density at radius 1 is 0.875 bits per heavy atom. The fourth-order valence-electron chi connectivity index (χ4n) is 3.81. The number of aromatic nitrogens is 1. The minimum Gasteiger partial charge on any atom is -0.368 e. The lowest BCUT2D eigenvalue weighted by atomic mass is 10.1. The van der Waals surface area contributed by atoms with Crippen LogP contribution >= 0.6 is 0 Å². The summed E-state index contributed by atoms with van der Waals surface area (Å²) in [5.74, 6) is -0.310. The van der Waals surface area contributed by atoms with Gasteiger partial charge in [-0.05, 0) is 48.9 Å². The maximum atomic E-state index is 12.9. The zero-order valence-corrected chi connectivity index (χ0v) is 18.0. The third-order valence-corrected chi connectivity index (χ3v) is 5.55. The molecule has 1 saturated heterocycles. The van der Waals surface area contributed by atoms with E-state index in [9.17, 15) is 14.4 Å². The standard InChI is InChI=1S/C25H26N4O3/c1-19-7-12-24(31)29(17-19)18-23(30)26-21-10-8-20(9-11-21)25(32)28-15-13-27(14-16-28)22-5-3-2-4-6-22/h2-12,17H,13-16,18H2,1H3,(H,26,30). The van der Waals surface area contributed by atoms with Crippen LogP contribution in [0.3, 0.4) is 0 Å². The van der Waals surface area contributed by atoms with Crippen molar-refractivity contribution >= 4 is 23.2 Å². The number of amides is 2. The first-order valence-corrected chi connectivity index (χ1v) is 10.7. The second kappa shape index (κ2) is 9.51. The SMILES string of the molecule is Cc1ccc(=O)n(CC(=O)Nc2ccc(C(=O)N3CCN(c4ccccc4)CC3)cc2)c1. The quantitative estimate of drug-likeness (QED) is 0.676. The van der Waals surface area contributed by atoms with Gasteiger partial charge in [0.2, 0.25) is 5.91 Å². The van der Waals surface area contributed by atoms with Gasteiger partial charge in [0.25, 0.3) is 11.5 Å². The molecule has 1 N–H and O–H groups in total. The van der Waals surface area contributed by atoms with Crippen LogP contribution in [-0.4, -0.2) is 47.5 Å². The average molecular weight is 431 g/mol. The van der Waals surface area contributed by atoms with Gasteiger partial charge in [0.1, 0.15) is 6.54 Å². The van der Waals surface area contributed by atoms with E-state index in [0.29, 0.717) is 24.3 Å². The number of aryl methyl sites for hydroxylation is 1. The van der Waals surface area contributed by atoms with Crippen LogP contribution in [0.15, 0.2) is 77.7 Å². The Labute approximate surface area is 186 Å². The van der Waals surface area contributed by atoms with E-state index in [0.717, 1.165) is 18.7 Å². The lowest BCUT2D eigenvalue weighted by molar-refractivity contribution is -0.116. The fourth-order valence-corrected chi connectivity index (χ4v) is 3.81. The summed E-state index contributed by atoms with van der Waals surface area (Å²) in [4.78, 5) is 41.2. The normalized spacial score (nSPS) is 13.7. The maximum Gasteiger partial charge on any atom is 0.253 e. The van der Waals surface area contributed by atoms with Crippen LogP contribution < -0.4 is 15.8 Å². The van der Waals surface area contributed by atoms with Crippen molar-refractivity contribution < 1.29 is 9.59 Å². The number of carbonyl (C=O) groups is 2. The third-order valence-electron chi connectivity index (χ3n) is 5.55. The van der Waals surface area contributed by atoms with Gasteiger partial charge in [-0.1, -0.05) is 24.3 Å². The van der Waals surface area contributed by atoms with Gasteiger partial charge >= 0.3 is 0 Å². The summed E-state index contributed by atoms with van der Waals surface area (Å²) in [7, 11) is 0. The highest BCUT2D eigenvalue weighted by Crippen LogP contribution is 2.18. The summed E-state index contributed by atoms with van der Waals surface area (Å²) in [6, 6.07) is 20.2. The summed E-state index contributed by atoms with van der Waals surface area (Å²) in [5, 5.41) is 2.78. The summed E-state index contributed by atoms with van der Waals surface area (Å²) in [6.07, 6.45) is 1.65. The second-order valence-electron chi connectivity index (χ2n) is 7.91. The van der Waals surface area contributed by atoms with Gasteiger partial charge < -0.3 is 19.7 Å². The zero-order valence-electron chi connectivity index (χ0n) is 18.0. The number of para-hydroxylation sites is 1. The van der Waals surface area contributed by atoms with E-state index in [1.54, 1.807) is 36.5 Å². The molecule has 2 heterocycles. The molecule has 0 saturated carbocycles. The van der Waals surface area contributed by atoms with E-state index in [1.165, 1.54) is 16.3 Å². The largest absolute Gasteiger partial charge is 0.368 e. The molecular formula is C25H26N4O3. The minimum absolute atomic E-state index is 0.0121. The monoisotopic (exact) mass is 430 g/mol.